The molecule has 2 N–H and O–H groups in total. The van der Waals surface area contributed by atoms with E-state index in [0.29, 0.717) is 13.0 Å². The van der Waals surface area contributed by atoms with Crippen molar-refractivity contribution in [1.29, 1.82) is 5.26 Å². The molecular weight excluding hydrogens is 228 g/mol. The van der Waals surface area contributed by atoms with Gasteiger partial charge in [-0.05, 0) is 30.0 Å². The number of carbonyl (C=O) groups is 1. The molecule has 0 saturated heterocycles. The number of nitrogens with zero attached hydrogens (tertiary/aromatic N) is 1. The Balaban J connectivity index is 2.40. The lowest BCUT2D eigenvalue weighted by atomic mass is 9.96. The molecule has 4 nitrogen and oxygen atoms in total. The molecule has 0 saturated carbocycles. The van der Waals surface area contributed by atoms with E-state index in [1.807, 2.05) is 32.0 Å². The molecule has 0 spiro atoms. The molecule has 1 atom stereocenters. The smallest absolute Gasteiger partial charge is 0.237 e. The zero-order chi connectivity index (χ0) is 13.5. The molecule has 4 heteroatoms. The van der Waals surface area contributed by atoms with Crippen LogP contribution in [0, 0.1) is 23.2 Å². The fourth-order valence-electron chi connectivity index (χ4n) is 1.61. The third-order valence-corrected chi connectivity index (χ3v) is 2.74. The lowest BCUT2D eigenvalue weighted by molar-refractivity contribution is -0.124. The maximum Gasteiger partial charge on any atom is 0.237 e. The Labute approximate surface area is 107 Å². The van der Waals surface area contributed by atoms with Crippen molar-refractivity contribution in [1.82, 2.24) is 5.32 Å². The molecule has 0 fully saturated rings. The minimum Gasteiger partial charge on any atom is -0.508 e. The molecule has 1 rings (SSSR count). The van der Waals surface area contributed by atoms with E-state index in [2.05, 4.69) is 5.32 Å². The van der Waals surface area contributed by atoms with E-state index in [9.17, 15) is 4.79 Å². The average Bonchev–Trinajstić information content (AvgIpc) is 2.32. The van der Waals surface area contributed by atoms with E-state index >= 15 is 0 Å². The summed E-state index contributed by atoms with van der Waals surface area (Å²) in [6, 6.07) is 8.86. The van der Waals surface area contributed by atoms with Crippen LogP contribution in [0.1, 0.15) is 19.4 Å². The van der Waals surface area contributed by atoms with Crippen LogP contribution in [-0.4, -0.2) is 17.6 Å². The highest BCUT2D eigenvalue weighted by molar-refractivity contribution is 5.81. The van der Waals surface area contributed by atoms with Gasteiger partial charge in [-0.2, -0.15) is 5.26 Å². The average molecular weight is 246 g/mol. The summed E-state index contributed by atoms with van der Waals surface area (Å²) in [7, 11) is 0. The standard InChI is InChI=1S/C14H18N2O2/c1-10(2)13(9-15)14(18)16-8-7-11-3-5-12(17)6-4-11/h3-6,10,13,17H,7-8H2,1-2H3,(H,16,18). The first-order valence-corrected chi connectivity index (χ1v) is 6.00. The molecule has 18 heavy (non-hydrogen) atoms. The first-order chi connectivity index (χ1) is 8.54. The van der Waals surface area contributed by atoms with Crippen LogP contribution in [0.15, 0.2) is 24.3 Å². The zero-order valence-corrected chi connectivity index (χ0v) is 10.7. The van der Waals surface area contributed by atoms with Crippen LogP contribution < -0.4 is 5.32 Å². The number of nitrogens with one attached hydrogen (secondary N) is 1. The molecular formula is C14H18N2O2. The number of carbonyl (C=O) groups excluding carboxylic acids is 1. The second-order valence-electron chi connectivity index (χ2n) is 4.56. The van der Waals surface area contributed by atoms with Crippen LogP contribution in [0.5, 0.6) is 5.75 Å². The topological polar surface area (TPSA) is 73.1 Å². The Kier molecular flexibility index (Phi) is 5.19. The van der Waals surface area contributed by atoms with E-state index in [1.54, 1.807) is 12.1 Å². The van der Waals surface area contributed by atoms with Gasteiger partial charge in [0.1, 0.15) is 11.7 Å². The number of aromatic hydroxyl groups is 1. The Hall–Kier alpha value is -2.02. The lowest BCUT2D eigenvalue weighted by Gasteiger charge is -2.12. The Morgan fingerprint density at radius 2 is 2.00 bits per heavy atom. The lowest BCUT2D eigenvalue weighted by Crippen LogP contribution is -2.34. The third-order valence-electron chi connectivity index (χ3n) is 2.74. The number of rotatable bonds is 5. The van der Waals surface area contributed by atoms with E-state index in [4.69, 9.17) is 10.4 Å². The van der Waals surface area contributed by atoms with Crippen molar-refractivity contribution in [3.8, 4) is 11.8 Å². The largest absolute Gasteiger partial charge is 0.508 e. The molecule has 1 aromatic rings. The fourth-order valence-corrected chi connectivity index (χ4v) is 1.61. The predicted molar refractivity (Wildman–Crippen MR) is 68.8 cm³/mol. The number of phenolic OH excluding ortho intramolecular Hbond substituents is 1. The first kappa shape index (κ1) is 14.0. The number of nitriles is 1. The van der Waals surface area contributed by atoms with Crippen molar-refractivity contribution in [2.75, 3.05) is 6.54 Å². The monoisotopic (exact) mass is 246 g/mol. The molecule has 0 aliphatic rings. The molecule has 1 aromatic carbocycles. The molecule has 1 amide bonds. The number of hydrogen-bond donors (Lipinski definition) is 2. The van der Waals surface area contributed by atoms with Gasteiger partial charge in [-0.15, -0.1) is 0 Å². The summed E-state index contributed by atoms with van der Waals surface area (Å²) in [5.74, 6) is -0.563. The van der Waals surface area contributed by atoms with Gasteiger partial charge in [-0.1, -0.05) is 26.0 Å². The molecule has 96 valence electrons. The highest BCUT2D eigenvalue weighted by Crippen LogP contribution is 2.11. The third kappa shape index (κ3) is 4.10. The molecule has 0 aliphatic heterocycles. The van der Waals surface area contributed by atoms with Crippen molar-refractivity contribution >= 4 is 5.91 Å². The second kappa shape index (κ2) is 6.65. The second-order valence-corrected chi connectivity index (χ2v) is 4.56. The minimum absolute atomic E-state index is 0.0173. The molecule has 0 aliphatic carbocycles. The normalized spacial score (nSPS) is 11.9. The summed E-state index contributed by atoms with van der Waals surface area (Å²) in [6.45, 7) is 4.20. The summed E-state index contributed by atoms with van der Waals surface area (Å²) in [5, 5.41) is 20.8. The van der Waals surface area contributed by atoms with Gasteiger partial charge in [0.15, 0.2) is 0 Å². The van der Waals surface area contributed by atoms with Crippen molar-refractivity contribution in [3.05, 3.63) is 29.8 Å². The molecule has 0 bridgehead atoms. The van der Waals surface area contributed by atoms with Gasteiger partial charge in [-0.25, -0.2) is 0 Å². The van der Waals surface area contributed by atoms with Gasteiger partial charge in [0, 0.05) is 6.54 Å². The van der Waals surface area contributed by atoms with Crippen LogP contribution in [-0.2, 0) is 11.2 Å². The predicted octanol–water partition coefficient (Wildman–Crippen LogP) is 1.85. The maximum atomic E-state index is 11.7. The summed E-state index contributed by atoms with van der Waals surface area (Å²) < 4.78 is 0. The number of phenols is 1. The van der Waals surface area contributed by atoms with Crippen molar-refractivity contribution in [2.24, 2.45) is 11.8 Å². The van der Waals surface area contributed by atoms with E-state index in [1.165, 1.54) is 0 Å². The summed E-state index contributed by atoms with van der Waals surface area (Å²) in [6.07, 6.45) is 0.683. The Morgan fingerprint density at radius 3 is 2.50 bits per heavy atom. The molecule has 0 aromatic heterocycles. The number of hydrogen-bond acceptors (Lipinski definition) is 3. The summed E-state index contributed by atoms with van der Waals surface area (Å²) in [4.78, 5) is 11.7. The number of benzene rings is 1. The quantitative estimate of drug-likeness (QED) is 0.832. The van der Waals surface area contributed by atoms with E-state index in [-0.39, 0.29) is 17.6 Å². The van der Waals surface area contributed by atoms with Crippen molar-refractivity contribution in [2.45, 2.75) is 20.3 Å². The highest BCUT2D eigenvalue weighted by atomic mass is 16.3. The Morgan fingerprint density at radius 1 is 1.39 bits per heavy atom. The van der Waals surface area contributed by atoms with Gasteiger partial charge < -0.3 is 10.4 Å². The SMILES string of the molecule is CC(C)C(C#N)C(=O)NCCc1ccc(O)cc1. The van der Waals surface area contributed by atoms with Gasteiger partial charge in [0.05, 0.1) is 6.07 Å². The van der Waals surface area contributed by atoms with E-state index < -0.39 is 5.92 Å². The Bertz CT molecular complexity index is 432. The van der Waals surface area contributed by atoms with Gasteiger partial charge in [-0.3, -0.25) is 4.79 Å². The minimum atomic E-state index is -0.593. The number of amides is 1. The van der Waals surface area contributed by atoms with Gasteiger partial charge in [0.25, 0.3) is 0 Å². The zero-order valence-electron chi connectivity index (χ0n) is 10.7. The summed E-state index contributed by atoms with van der Waals surface area (Å²) >= 11 is 0. The van der Waals surface area contributed by atoms with Crippen molar-refractivity contribution in [3.63, 3.8) is 0 Å². The van der Waals surface area contributed by atoms with Crippen LogP contribution in [0.4, 0.5) is 0 Å². The van der Waals surface area contributed by atoms with Gasteiger partial charge in [0.2, 0.25) is 5.91 Å². The fraction of sp³-hybridized carbons (Fsp3) is 0.429. The van der Waals surface area contributed by atoms with E-state index in [0.717, 1.165) is 5.56 Å². The summed E-state index contributed by atoms with van der Waals surface area (Å²) in [5.41, 5.74) is 1.03. The molecule has 0 radical (unpaired) electrons. The van der Waals surface area contributed by atoms with Crippen LogP contribution in [0.25, 0.3) is 0 Å². The van der Waals surface area contributed by atoms with Crippen LogP contribution in [0.3, 0.4) is 0 Å². The molecule has 1 unspecified atom stereocenters. The van der Waals surface area contributed by atoms with Gasteiger partial charge >= 0.3 is 0 Å². The first-order valence-electron chi connectivity index (χ1n) is 6.00. The van der Waals surface area contributed by atoms with Crippen molar-refractivity contribution < 1.29 is 9.90 Å². The highest BCUT2D eigenvalue weighted by Gasteiger charge is 2.20. The van der Waals surface area contributed by atoms with Crippen LogP contribution >= 0.6 is 0 Å². The maximum absolute atomic E-state index is 11.7. The van der Waals surface area contributed by atoms with Crippen LogP contribution in [0.2, 0.25) is 0 Å². The molecule has 0 heterocycles.